The molecule has 1 aromatic carbocycles. The summed E-state index contributed by atoms with van der Waals surface area (Å²) < 4.78 is 49.5. The molecule has 0 fully saturated rings. The molecule has 0 saturated carbocycles. The van der Waals surface area contributed by atoms with Crippen LogP contribution in [-0.2, 0) is 12.6 Å². The molecular formula is C10H7F4N. The molecule has 5 heteroatoms. The van der Waals surface area contributed by atoms with Crippen LogP contribution < -0.4 is 0 Å². The highest BCUT2D eigenvalue weighted by atomic mass is 19.4. The summed E-state index contributed by atoms with van der Waals surface area (Å²) in [5.74, 6) is -0.909. The SMILES string of the molecule is [C-]#[N+]CCc1ccc(C(F)(F)F)cc1F. The first kappa shape index (κ1) is 11.5. The minimum absolute atomic E-state index is 0.0717. The number of halogens is 4. The first-order chi connectivity index (χ1) is 6.95. The molecule has 0 amide bonds. The maximum absolute atomic E-state index is 13.1. The van der Waals surface area contributed by atoms with Gasteiger partial charge in [-0.3, -0.25) is 0 Å². The van der Waals surface area contributed by atoms with Crippen LogP contribution in [0.3, 0.4) is 0 Å². The van der Waals surface area contributed by atoms with Gasteiger partial charge >= 0.3 is 6.18 Å². The molecule has 0 aliphatic carbocycles. The summed E-state index contributed by atoms with van der Waals surface area (Å²) in [6.07, 6.45) is -4.40. The summed E-state index contributed by atoms with van der Waals surface area (Å²) in [6, 6.07) is 2.35. The van der Waals surface area contributed by atoms with E-state index in [1.807, 2.05) is 0 Å². The Morgan fingerprint density at radius 3 is 2.40 bits per heavy atom. The van der Waals surface area contributed by atoms with Crippen LogP contribution in [0.5, 0.6) is 0 Å². The molecule has 0 spiro atoms. The number of hydrogen-bond acceptors (Lipinski definition) is 0. The monoisotopic (exact) mass is 217 g/mol. The average molecular weight is 217 g/mol. The molecule has 0 aliphatic rings. The molecule has 0 heterocycles. The maximum Gasteiger partial charge on any atom is 0.416 e. The zero-order chi connectivity index (χ0) is 11.5. The van der Waals surface area contributed by atoms with Crippen LogP contribution in [0, 0.1) is 12.4 Å². The van der Waals surface area contributed by atoms with Gasteiger partial charge in [-0.25, -0.2) is 11.0 Å². The lowest BCUT2D eigenvalue weighted by Gasteiger charge is -2.07. The fourth-order valence-electron chi connectivity index (χ4n) is 1.10. The van der Waals surface area contributed by atoms with E-state index in [2.05, 4.69) is 4.85 Å². The zero-order valence-electron chi connectivity index (χ0n) is 7.61. The van der Waals surface area contributed by atoms with Crippen LogP contribution >= 0.6 is 0 Å². The normalized spacial score (nSPS) is 11.1. The summed E-state index contributed by atoms with van der Waals surface area (Å²) in [5.41, 5.74) is -0.870. The Balaban J connectivity index is 2.94. The van der Waals surface area contributed by atoms with E-state index in [-0.39, 0.29) is 18.5 Å². The van der Waals surface area contributed by atoms with Crippen molar-refractivity contribution in [3.8, 4) is 0 Å². The fraction of sp³-hybridized carbons (Fsp3) is 0.300. The minimum atomic E-state index is -4.53. The van der Waals surface area contributed by atoms with Crippen molar-refractivity contribution in [3.63, 3.8) is 0 Å². The molecule has 0 saturated heterocycles. The standard InChI is InChI=1S/C10H7F4N/c1-15-5-4-7-2-3-8(6-9(7)11)10(12,13)14/h2-3,6H,4-5H2. The van der Waals surface area contributed by atoms with Crippen LogP contribution in [0.1, 0.15) is 11.1 Å². The highest BCUT2D eigenvalue weighted by Gasteiger charge is 2.31. The van der Waals surface area contributed by atoms with Gasteiger partial charge in [0.2, 0.25) is 6.54 Å². The Labute approximate surface area is 84.2 Å². The Hall–Kier alpha value is -1.57. The van der Waals surface area contributed by atoms with Crippen LogP contribution in [0.25, 0.3) is 4.85 Å². The third kappa shape index (κ3) is 2.94. The van der Waals surface area contributed by atoms with Crippen molar-refractivity contribution in [2.45, 2.75) is 12.6 Å². The van der Waals surface area contributed by atoms with Gasteiger partial charge in [0.05, 0.1) is 5.56 Å². The second-order valence-corrected chi connectivity index (χ2v) is 2.94. The molecule has 0 bridgehead atoms. The van der Waals surface area contributed by atoms with Crippen LogP contribution in [0.4, 0.5) is 17.6 Å². The van der Waals surface area contributed by atoms with Crippen LogP contribution in [0.15, 0.2) is 18.2 Å². The second kappa shape index (κ2) is 4.30. The van der Waals surface area contributed by atoms with Crippen molar-refractivity contribution in [3.05, 3.63) is 46.6 Å². The van der Waals surface area contributed by atoms with Crippen molar-refractivity contribution < 1.29 is 17.6 Å². The fourth-order valence-corrected chi connectivity index (χ4v) is 1.10. The van der Waals surface area contributed by atoms with E-state index >= 15 is 0 Å². The van der Waals surface area contributed by atoms with E-state index in [4.69, 9.17) is 6.57 Å². The van der Waals surface area contributed by atoms with Crippen LogP contribution in [0.2, 0.25) is 0 Å². The van der Waals surface area contributed by atoms with Crippen LogP contribution in [-0.4, -0.2) is 6.54 Å². The molecule has 0 unspecified atom stereocenters. The van der Waals surface area contributed by atoms with Gasteiger partial charge in [0.25, 0.3) is 0 Å². The van der Waals surface area contributed by atoms with Crippen molar-refractivity contribution >= 4 is 0 Å². The second-order valence-electron chi connectivity index (χ2n) is 2.94. The molecule has 15 heavy (non-hydrogen) atoms. The molecule has 0 N–H and O–H groups in total. The van der Waals surface area contributed by atoms with Gasteiger partial charge < -0.3 is 4.85 Å². The summed E-state index contributed by atoms with van der Waals surface area (Å²) >= 11 is 0. The lowest BCUT2D eigenvalue weighted by atomic mass is 10.1. The quantitative estimate of drug-likeness (QED) is 0.528. The predicted octanol–water partition coefficient (Wildman–Crippen LogP) is 3.31. The first-order valence-corrected chi connectivity index (χ1v) is 4.14. The molecule has 0 aromatic heterocycles. The number of nitrogens with zero attached hydrogens (tertiary/aromatic N) is 1. The third-order valence-electron chi connectivity index (χ3n) is 1.87. The maximum atomic E-state index is 13.1. The molecule has 80 valence electrons. The van der Waals surface area contributed by atoms with E-state index in [0.717, 1.165) is 12.1 Å². The summed E-state index contributed by atoms with van der Waals surface area (Å²) in [6.45, 7) is 6.56. The molecule has 0 radical (unpaired) electrons. The van der Waals surface area contributed by atoms with Gasteiger partial charge in [0.1, 0.15) is 5.82 Å². The molecule has 1 rings (SSSR count). The van der Waals surface area contributed by atoms with Crippen molar-refractivity contribution in [2.75, 3.05) is 6.54 Å². The molecular weight excluding hydrogens is 210 g/mol. The van der Waals surface area contributed by atoms with Crippen molar-refractivity contribution in [1.82, 2.24) is 0 Å². The lowest BCUT2D eigenvalue weighted by molar-refractivity contribution is -0.137. The molecule has 0 atom stereocenters. The minimum Gasteiger partial charge on any atom is -0.317 e. The number of hydrogen-bond donors (Lipinski definition) is 0. The first-order valence-electron chi connectivity index (χ1n) is 4.14. The zero-order valence-corrected chi connectivity index (χ0v) is 7.61. The van der Waals surface area contributed by atoms with Crippen molar-refractivity contribution in [2.24, 2.45) is 0 Å². The summed E-state index contributed by atoms with van der Waals surface area (Å²) in [5, 5.41) is 0. The third-order valence-corrected chi connectivity index (χ3v) is 1.87. The Morgan fingerprint density at radius 2 is 1.93 bits per heavy atom. The topological polar surface area (TPSA) is 4.36 Å². The number of benzene rings is 1. The largest absolute Gasteiger partial charge is 0.416 e. The van der Waals surface area contributed by atoms with E-state index in [1.165, 1.54) is 0 Å². The van der Waals surface area contributed by atoms with Crippen molar-refractivity contribution in [1.29, 1.82) is 0 Å². The summed E-state index contributed by atoms with van der Waals surface area (Å²) in [4.78, 5) is 3.00. The number of rotatable bonds is 2. The summed E-state index contributed by atoms with van der Waals surface area (Å²) in [7, 11) is 0. The lowest BCUT2D eigenvalue weighted by Crippen LogP contribution is -2.06. The van der Waals surface area contributed by atoms with E-state index in [1.54, 1.807) is 0 Å². The Kier molecular flexibility index (Phi) is 3.30. The highest BCUT2D eigenvalue weighted by Crippen LogP contribution is 2.30. The Bertz CT molecular complexity index is 389. The average Bonchev–Trinajstić information content (AvgIpc) is 2.14. The van der Waals surface area contributed by atoms with Gasteiger partial charge in [-0.2, -0.15) is 13.2 Å². The van der Waals surface area contributed by atoms with Gasteiger partial charge in [0.15, 0.2) is 0 Å². The Morgan fingerprint density at radius 1 is 1.27 bits per heavy atom. The predicted molar refractivity (Wildman–Crippen MR) is 46.6 cm³/mol. The van der Waals surface area contributed by atoms with Gasteiger partial charge in [-0.05, 0) is 17.7 Å². The van der Waals surface area contributed by atoms with E-state index in [0.29, 0.717) is 6.07 Å². The highest BCUT2D eigenvalue weighted by molar-refractivity contribution is 5.26. The molecule has 1 aromatic rings. The number of alkyl halides is 3. The van der Waals surface area contributed by atoms with Gasteiger partial charge in [0, 0.05) is 6.42 Å². The van der Waals surface area contributed by atoms with Gasteiger partial charge in [-0.1, -0.05) is 6.07 Å². The van der Waals surface area contributed by atoms with Gasteiger partial charge in [-0.15, -0.1) is 0 Å². The van der Waals surface area contributed by atoms with E-state index in [9.17, 15) is 17.6 Å². The smallest absolute Gasteiger partial charge is 0.317 e. The van der Waals surface area contributed by atoms with E-state index < -0.39 is 17.6 Å². The molecule has 1 nitrogen and oxygen atoms in total. The molecule has 0 aliphatic heterocycles.